The van der Waals surface area contributed by atoms with Gasteiger partial charge in [-0.05, 0) is 19.5 Å². The number of rotatable bonds is 5. The number of urea groups is 1. The molecule has 0 aliphatic rings. The van der Waals surface area contributed by atoms with Crippen LogP contribution in [0.15, 0.2) is 30.3 Å². The molecule has 0 saturated carbocycles. The number of carbonyl (C=O) groups excluding carboxylic acids is 1. The predicted octanol–water partition coefficient (Wildman–Crippen LogP) is 0.680. The first-order valence-electron chi connectivity index (χ1n) is 5.61. The Morgan fingerprint density at radius 2 is 2.06 bits per heavy atom. The van der Waals surface area contributed by atoms with E-state index in [-0.39, 0.29) is 12.1 Å². The fourth-order valence-corrected chi connectivity index (χ4v) is 1.74. The minimum atomic E-state index is -0.356. The zero-order valence-electron chi connectivity index (χ0n) is 10.3. The molecule has 1 aromatic carbocycles. The molecule has 1 aromatic rings. The molecule has 94 valence electrons. The average molecular weight is 236 g/mol. The van der Waals surface area contributed by atoms with Gasteiger partial charge in [0.05, 0.1) is 0 Å². The molecule has 1 unspecified atom stereocenters. The Balaban J connectivity index is 2.34. The van der Waals surface area contributed by atoms with Crippen molar-refractivity contribution in [3.63, 3.8) is 0 Å². The summed E-state index contributed by atoms with van der Waals surface area (Å²) in [6.07, 6.45) is 0. The summed E-state index contributed by atoms with van der Waals surface area (Å²) in [4.78, 5) is 13.1. The number of benzene rings is 1. The van der Waals surface area contributed by atoms with Crippen LogP contribution in [0.1, 0.15) is 12.5 Å². The molecule has 0 aliphatic carbocycles. The van der Waals surface area contributed by atoms with Crippen LogP contribution < -0.4 is 16.6 Å². The van der Waals surface area contributed by atoms with Crippen molar-refractivity contribution in [1.82, 2.24) is 15.6 Å². The number of likely N-dealkylation sites (N-methyl/N-ethyl adjacent to an activating group) is 1. The SMILES string of the molecule is CC(CN(C)Cc1ccccc1)NC(=O)NN. The van der Waals surface area contributed by atoms with Gasteiger partial charge in [-0.3, -0.25) is 5.43 Å². The van der Waals surface area contributed by atoms with Gasteiger partial charge in [0.1, 0.15) is 0 Å². The van der Waals surface area contributed by atoms with Crippen LogP contribution in [-0.2, 0) is 6.54 Å². The van der Waals surface area contributed by atoms with E-state index in [0.717, 1.165) is 13.1 Å². The lowest BCUT2D eigenvalue weighted by Gasteiger charge is -2.22. The molecule has 17 heavy (non-hydrogen) atoms. The lowest BCUT2D eigenvalue weighted by atomic mass is 10.2. The number of nitrogens with zero attached hydrogens (tertiary/aromatic N) is 1. The molecule has 1 atom stereocenters. The van der Waals surface area contributed by atoms with E-state index in [1.807, 2.05) is 32.2 Å². The Morgan fingerprint density at radius 1 is 1.41 bits per heavy atom. The van der Waals surface area contributed by atoms with Gasteiger partial charge in [-0.25, -0.2) is 10.6 Å². The normalized spacial score (nSPS) is 12.2. The van der Waals surface area contributed by atoms with Crippen molar-refractivity contribution < 1.29 is 4.79 Å². The summed E-state index contributed by atoms with van der Waals surface area (Å²) in [6, 6.07) is 9.90. The van der Waals surface area contributed by atoms with Gasteiger partial charge < -0.3 is 10.2 Å². The maximum Gasteiger partial charge on any atom is 0.329 e. The van der Waals surface area contributed by atoms with E-state index in [0.29, 0.717) is 0 Å². The average Bonchev–Trinajstić information content (AvgIpc) is 2.29. The van der Waals surface area contributed by atoms with E-state index < -0.39 is 0 Å². The third-order valence-corrected chi connectivity index (χ3v) is 2.39. The number of amides is 2. The maximum absolute atomic E-state index is 11.0. The number of hydrazine groups is 1. The van der Waals surface area contributed by atoms with Crippen molar-refractivity contribution in [2.24, 2.45) is 5.84 Å². The molecule has 5 nitrogen and oxygen atoms in total. The van der Waals surface area contributed by atoms with Gasteiger partial charge in [0.15, 0.2) is 0 Å². The zero-order valence-corrected chi connectivity index (χ0v) is 10.3. The van der Waals surface area contributed by atoms with Gasteiger partial charge in [0, 0.05) is 19.1 Å². The van der Waals surface area contributed by atoms with Crippen molar-refractivity contribution in [3.8, 4) is 0 Å². The van der Waals surface area contributed by atoms with E-state index in [1.165, 1.54) is 5.56 Å². The quantitative estimate of drug-likeness (QED) is 0.400. The van der Waals surface area contributed by atoms with E-state index in [2.05, 4.69) is 27.8 Å². The van der Waals surface area contributed by atoms with Crippen molar-refractivity contribution in [2.45, 2.75) is 19.5 Å². The van der Waals surface area contributed by atoms with Crippen molar-refractivity contribution in [1.29, 1.82) is 0 Å². The number of hydrogen-bond donors (Lipinski definition) is 3. The molecule has 0 fully saturated rings. The predicted molar refractivity (Wildman–Crippen MR) is 68.1 cm³/mol. The minimum absolute atomic E-state index is 0.0484. The van der Waals surface area contributed by atoms with Gasteiger partial charge in [0.25, 0.3) is 0 Å². The molecule has 5 heteroatoms. The second kappa shape index (κ2) is 6.88. The molecule has 4 N–H and O–H groups in total. The lowest BCUT2D eigenvalue weighted by Crippen LogP contribution is -2.47. The largest absolute Gasteiger partial charge is 0.333 e. The Kier molecular flexibility index (Phi) is 5.45. The van der Waals surface area contributed by atoms with Crippen LogP contribution in [0.5, 0.6) is 0 Å². The fourth-order valence-electron chi connectivity index (χ4n) is 1.74. The highest BCUT2D eigenvalue weighted by atomic mass is 16.2. The molecule has 0 bridgehead atoms. The summed E-state index contributed by atoms with van der Waals surface area (Å²) in [5.41, 5.74) is 3.31. The Hall–Kier alpha value is -1.59. The van der Waals surface area contributed by atoms with Crippen LogP contribution in [-0.4, -0.2) is 30.6 Å². The molecule has 2 amide bonds. The summed E-state index contributed by atoms with van der Waals surface area (Å²) in [5, 5.41) is 2.73. The molecule has 0 aliphatic heterocycles. The van der Waals surface area contributed by atoms with Gasteiger partial charge in [-0.15, -0.1) is 0 Å². The number of carbonyl (C=O) groups is 1. The molecule has 0 aromatic heterocycles. The van der Waals surface area contributed by atoms with Crippen LogP contribution in [0, 0.1) is 0 Å². The lowest BCUT2D eigenvalue weighted by molar-refractivity contribution is 0.230. The number of nitrogens with one attached hydrogen (secondary N) is 2. The van der Waals surface area contributed by atoms with E-state index in [1.54, 1.807) is 0 Å². The highest BCUT2D eigenvalue weighted by Crippen LogP contribution is 2.02. The monoisotopic (exact) mass is 236 g/mol. The third-order valence-electron chi connectivity index (χ3n) is 2.39. The Morgan fingerprint density at radius 3 is 2.65 bits per heavy atom. The summed E-state index contributed by atoms with van der Waals surface area (Å²) in [5.74, 6) is 5.00. The molecular weight excluding hydrogens is 216 g/mol. The molecule has 1 rings (SSSR count). The molecule has 0 heterocycles. The number of hydrogen-bond acceptors (Lipinski definition) is 3. The van der Waals surface area contributed by atoms with Crippen LogP contribution in [0.2, 0.25) is 0 Å². The standard InChI is InChI=1S/C12H20N4O/c1-10(14-12(17)15-13)8-16(2)9-11-6-4-3-5-7-11/h3-7,10H,8-9,13H2,1-2H3,(H2,14,15,17). The summed E-state index contributed by atoms with van der Waals surface area (Å²) < 4.78 is 0. The summed E-state index contributed by atoms with van der Waals surface area (Å²) >= 11 is 0. The van der Waals surface area contributed by atoms with Crippen molar-refractivity contribution >= 4 is 6.03 Å². The molecular formula is C12H20N4O. The van der Waals surface area contributed by atoms with Crippen LogP contribution in [0.25, 0.3) is 0 Å². The second-order valence-electron chi connectivity index (χ2n) is 4.20. The van der Waals surface area contributed by atoms with E-state index >= 15 is 0 Å². The zero-order chi connectivity index (χ0) is 12.7. The van der Waals surface area contributed by atoms with Crippen LogP contribution in [0.3, 0.4) is 0 Å². The highest BCUT2D eigenvalue weighted by molar-refractivity contribution is 5.73. The Bertz CT molecular complexity index is 342. The van der Waals surface area contributed by atoms with Crippen molar-refractivity contribution in [2.75, 3.05) is 13.6 Å². The van der Waals surface area contributed by atoms with Gasteiger partial charge in [-0.2, -0.15) is 0 Å². The molecule has 0 radical (unpaired) electrons. The Labute approximate surface area is 102 Å². The second-order valence-corrected chi connectivity index (χ2v) is 4.20. The van der Waals surface area contributed by atoms with Gasteiger partial charge in [0.2, 0.25) is 0 Å². The third kappa shape index (κ3) is 5.33. The first kappa shape index (κ1) is 13.5. The summed E-state index contributed by atoms with van der Waals surface area (Å²) in [7, 11) is 2.02. The van der Waals surface area contributed by atoms with Gasteiger partial charge >= 0.3 is 6.03 Å². The topological polar surface area (TPSA) is 70.4 Å². The van der Waals surface area contributed by atoms with E-state index in [9.17, 15) is 4.79 Å². The van der Waals surface area contributed by atoms with Crippen molar-refractivity contribution in [3.05, 3.63) is 35.9 Å². The van der Waals surface area contributed by atoms with Gasteiger partial charge in [-0.1, -0.05) is 30.3 Å². The molecule has 0 saturated heterocycles. The molecule has 0 spiro atoms. The van der Waals surface area contributed by atoms with E-state index in [4.69, 9.17) is 5.84 Å². The first-order chi connectivity index (χ1) is 8.11. The summed E-state index contributed by atoms with van der Waals surface area (Å²) in [6.45, 7) is 3.57. The van der Waals surface area contributed by atoms with Crippen LogP contribution >= 0.6 is 0 Å². The maximum atomic E-state index is 11.0. The minimum Gasteiger partial charge on any atom is -0.333 e. The highest BCUT2D eigenvalue weighted by Gasteiger charge is 2.08. The van der Waals surface area contributed by atoms with Crippen LogP contribution in [0.4, 0.5) is 4.79 Å². The smallest absolute Gasteiger partial charge is 0.329 e. The number of nitrogens with two attached hydrogens (primary N) is 1. The fraction of sp³-hybridized carbons (Fsp3) is 0.417. The first-order valence-corrected chi connectivity index (χ1v) is 5.61.